The van der Waals surface area contributed by atoms with Gasteiger partial charge in [-0.15, -0.1) is 11.3 Å². The van der Waals surface area contributed by atoms with Crippen molar-refractivity contribution < 1.29 is 4.79 Å². The lowest BCUT2D eigenvalue weighted by molar-refractivity contribution is 0.104. The maximum Gasteiger partial charge on any atom is 0.205 e. The summed E-state index contributed by atoms with van der Waals surface area (Å²) in [6.45, 7) is 0. The van der Waals surface area contributed by atoms with E-state index >= 15 is 0 Å². The van der Waals surface area contributed by atoms with Crippen LogP contribution in [-0.4, -0.2) is 5.78 Å². The van der Waals surface area contributed by atoms with E-state index in [1.54, 1.807) is 24.3 Å². The predicted octanol–water partition coefficient (Wildman–Crippen LogP) is 4.74. The van der Waals surface area contributed by atoms with Crippen LogP contribution in [0.5, 0.6) is 0 Å². The lowest BCUT2D eigenvalue weighted by Gasteiger charge is -2.03. The molecule has 2 aromatic rings. The van der Waals surface area contributed by atoms with E-state index in [-0.39, 0.29) is 5.78 Å². The van der Waals surface area contributed by atoms with Crippen LogP contribution in [0.25, 0.3) is 0 Å². The summed E-state index contributed by atoms with van der Waals surface area (Å²) < 4.78 is 1.73. The third-order valence-electron chi connectivity index (χ3n) is 2.13. The maximum atomic E-state index is 12.2. The fourth-order valence-electron chi connectivity index (χ4n) is 1.32. The Morgan fingerprint density at radius 3 is 2.59 bits per heavy atom. The number of hydrogen-bond donors (Lipinski definition) is 1. The minimum absolute atomic E-state index is 0.124. The zero-order valence-corrected chi connectivity index (χ0v) is 13.1. The van der Waals surface area contributed by atoms with Crippen molar-refractivity contribution in [3.05, 3.63) is 48.0 Å². The molecule has 6 heteroatoms. The Morgan fingerprint density at radius 2 is 2.00 bits per heavy atom. The number of halogens is 3. The van der Waals surface area contributed by atoms with Crippen molar-refractivity contribution in [2.45, 2.75) is 0 Å². The maximum absolute atomic E-state index is 12.2. The van der Waals surface area contributed by atoms with Gasteiger partial charge < -0.3 is 5.73 Å². The van der Waals surface area contributed by atoms with Crippen LogP contribution in [0.2, 0.25) is 5.02 Å². The average molecular weight is 396 g/mol. The van der Waals surface area contributed by atoms with Crippen LogP contribution in [0.1, 0.15) is 15.2 Å². The average Bonchev–Trinajstić information content (AvgIpc) is 2.62. The number of nitrogens with two attached hydrogens (primary N) is 1. The molecule has 0 fully saturated rings. The standard InChI is InChI=1S/C11H6Br2ClNOS/c12-7-4-9(17-11(7)13)10(16)6-3-5(14)1-2-8(6)15/h1-4H,15H2. The SMILES string of the molecule is Nc1ccc(Cl)cc1C(=O)c1cc(Br)c(Br)s1. The number of thiophene rings is 1. The van der Waals surface area contributed by atoms with E-state index in [2.05, 4.69) is 31.9 Å². The highest BCUT2D eigenvalue weighted by molar-refractivity contribution is 9.13. The summed E-state index contributed by atoms with van der Waals surface area (Å²) in [4.78, 5) is 12.8. The Bertz CT molecular complexity index is 578. The summed E-state index contributed by atoms with van der Waals surface area (Å²) in [7, 11) is 0. The third-order valence-corrected chi connectivity index (χ3v) is 5.62. The fraction of sp³-hybridized carbons (Fsp3) is 0. The molecule has 17 heavy (non-hydrogen) atoms. The number of rotatable bonds is 2. The van der Waals surface area contributed by atoms with Crippen molar-refractivity contribution in [3.63, 3.8) is 0 Å². The fourth-order valence-corrected chi connectivity index (χ4v) is 3.48. The van der Waals surface area contributed by atoms with Crippen molar-refractivity contribution in [1.82, 2.24) is 0 Å². The van der Waals surface area contributed by atoms with Gasteiger partial charge in [-0.2, -0.15) is 0 Å². The van der Waals surface area contributed by atoms with E-state index in [1.807, 2.05) is 0 Å². The van der Waals surface area contributed by atoms with E-state index in [1.165, 1.54) is 11.3 Å². The molecule has 1 heterocycles. The summed E-state index contributed by atoms with van der Waals surface area (Å²) in [6.07, 6.45) is 0. The Morgan fingerprint density at radius 1 is 1.29 bits per heavy atom. The monoisotopic (exact) mass is 393 g/mol. The van der Waals surface area contributed by atoms with Gasteiger partial charge in [-0.25, -0.2) is 0 Å². The Balaban J connectivity index is 2.47. The van der Waals surface area contributed by atoms with Crippen LogP contribution >= 0.6 is 54.8 Å². The van der Waals surface area contributed by atoms with Crippen molar-refractivity contribution >= 4 is 66.3 Å². The largest absolute Gasteiger partial charge is 0.398 e. The number of anilines is 1. The number of carbonyl (C=O) groups excluding carboxylic acids is 1. The van der Waals surface area contributed by atoms with Crippen LogP contribution in [0, 0.1) is 0 Å². The van der Waals surface area contributed by atoms with Crippen LogP contribution < -0.4 is 5.73 Å². The third kappa shape index (κ3) is 2.73. The molecule has 0 amide bonds. The number of hydrogen-bond acceptors (Lipinski definition) is 3. The molecule has 0 atom stereocenters. The number of benzene rings is 1. The van der Waals surface area contributed by atoms with E-state index in [0.29, 0.717) is 21.2 Å². The molecular formula is C11H6Br2ClNOS. The molecule has 0 spiro atoms. The first-order chi connectivity index (χ1) is 7.99. The van der Waals surface area contributed by atoms with Gasteiger partial charge in [0.2, 0.25) is 5.78 Å². The van der Waals surface area contributed by atoms with Gasteiger partial charge >= 0.3 is 0 Å². The van der Waals surface area contributed by atoms with Gasteiger partial charge in [0.1, 0.15) is 0 Å². The quantitative estimate of drug-likeness (QED) is 0.590. The smallest absolute Gasteiger partial charge is 0.205 e. The minimum atomic E-state index is -0.124. The summed E-state index contributed by atoms with van der Waals surface area (Å²) in [5.74, 6) is -0.124. The van der Waals surface area contributed by atoms with Gasteiger partial charge in [-0.3, -0.25) is 4.79 Å². The Hall–Kier alpha value is -0.360. The van der Waals surface area contributed by atoms with Gasteiger partial charge in [0.25, 0.3) is 0 Å². The summed E-state index contributed by atoms with van der Waals surface area (Å²) in [6, 6.07) is 6.64. The molecule has 1 aromatic heterocycles. The second kappa shape index (κ2) is 5.10. The van der Waals surface area contributed by atoms with Crippen molar-refractivity contribution in [3.8, 4) is 0 Å². The first-order valence-electron chi connectivity index (χ1n) is 4.53. The van der Waals surface area contributed by atoms with Gasteiger partial charge in [0, 0.05) is 20.7 Å². The second-order valence-electron chi connectivity index (χ2n) is 3.29. The molecule has 2 rings (SSSR count). The molecule has 2 N–H and O–H groups in total. The number of ketones is 1. The Kier molecular flexibility index (Phi) is 3.92. The molecule has 0 aliphatic heterocycles. The summed E-state index contributed by atoms with van der Waals surface area (Å²) in [5, 5.41) is 0.497. The van der Waals surface area contributed by atoms with E-state index in [4.69, 9.17) is 17.3 Å². The van der Waals surface area contributed by atoms with E-state index < -0.39 is 0 Å². The first-order valence-corrected chi connectivity index (χ1v) is 7.31. The van der Waals surface area contributed by atoms with Crippen LogP contribution in [-0.2, 0) is 0 Å². The molecule has 2 nitrogen and oxygen atoms in total. The summed E-state index contributed by atoms with van der Waals surface area (Å²) in [5.41, 5.74) is 6.63. The first kappa shape index (κ1) is 13.1. The van der Waals surface area contributed by atoms with Crippen molar-refractivity contribution in [2.75, 3.05) is 5.73 Å². The summed E-state index contributed by atoms with van der Waals surface area (Å²) >= 11 is 13.9. The molecule has 0 radical (unpaired) electrons. The van der Waals surface area contributed by atoms with Crippen LogP contribution in [0.4, 0.5) is 5.69 Å². The minimum Gasteiger partial charge on any atom is -0.398 e. The lowest BCUT2D eigenvalue weighted by Crippen LogP contribution is -2.03. The van der Waals surface area contributed by atoms with Crippen LogP contribution in [0.3, 0.4) is 0 Å². The predicted molar refractivity (Wildman–Crippen MR) is 79.0 cm³/mol. The normalized spacial score (nSPS) is 10.5. The van der Waals surface area contributed by atoms with E-state index in [0.717, 1.165) is 8.26 Å². The van der Waals surface area contributed by atoms with Gasteiger partial charge in [-0.05, 0) is 56.1 Å². The molecule has 0 bridgehead atoms. The van der Waals surface area contributed by atoms with Gasteiger partial charge in [0.15, 0.2) is 0 Å². The second-order valence-corrected chi connectivity index (χ2v) is 6.95. The molecule has 0 saturated heterocycles. The Labute approximate surface area is 124 Å². The number of nitrogen functional groups attached to an aromatic ring is 1. The molecule has 0 aliphatic rings. The highest BCUT2D eigenvalue weighted by Crippen LogP contribution is 2.34. The van der Waals surface area contributed by atoms with E-state index in [9.17, 15) is 4.79 Å². The van der Waals surface area contributed by atoms with Crippen molar-refractivity contribution in [1.29, 1.82) is 0 Å². The molecule has 88 valence electrons. The highest BCUT2D eigenvalue weighted by atomic mass is 79.9. The molecule has 0 saturated carbocycles. The zero-order chi connectivity index (χ0) is 12.6. The topological polar surface area (TPSA) is 43.1 Å². The number of carbonyl (C=O) groups is 1. The lowest BCUT2D eigenvalue weighted by atomic mass is 10.1. The van der Waals surface area contributed by atoms with Gasteiger partial charge in [0.05, 0.1) is 8.66 Å². The van der Waals surface area contributed by atoms with Crippen molar-refractivity contribution in [2.24, 2.45) is 0 Å². The van der Waals surface area contributed by atoms with Gasteiger partial charge in [-0.1, -0.05) is 11.6 Å². The molecule has 0 unspecified atom stereocenters. The van der Waals surface area contributed by atoms with Crippen LogP contribution in [0.15, 0.2) is 32.5 Å². The molecular weight excluding hydrogens is 389 g/mol. The highest BCUT2D eigenvalue weighted by Gasteiger charge is 2.16. The molecule has 1 aromatic carbocycles. The zero-order valence-electron chi connectivity index (χ0n) is 8.34. The molecule has 0 aliphatic carbocycles.